The highest BCUT2D eigenvalue weighted by atomic mass is 16.6. The van der Waals surface area contributed by atoms with Crippen molar-refractivity contribution in [1.82, 2.24) is 0 Å². The number of nitro benzene ring substituents is 1. The minimum atomic E-state index is -0.440. The molecule has 1 saturated heterocycles. The average molecular weight is 369 g/mol. The summed E-state index contributed by atoms with van der Waals surface area (Å²) in [7, 11) is 0. The molecule has 1 fully saturated rings. The molecule has 27 heavy (non-hydrogen) atoms. The van der Waals surface area contributed by atoms with Crippen LogP contribution in [0.25, 0.3) is 0 Å². The first-order chi connectivity index (χ1) is 13.0. The standard InChI is InChI=1S/C20H24N4O3/c1-3-22-10-12-23(13-11-22)19-7-5-4-6-17(19)21-20(25)16-8-9-18(24(26)27)15(2)14-16/h4-9,14H,3,10-13H2,1-2H3,(H,21,25)/p+1. The van der Waals surface area contributed by atoms with E-state index in [1.54, 1.807) is 17.9 Å². The zero-order valence-corrected chi connectivity index (χ0v) is 15.7. The van der Waals surface area contributed by atoms with Crippen LogP contribution in [-0.2, 0) is 0 Å². The molecule has 1 aliphatic heterocycles. The van der Waals surface area contributed by atoms with Gasteiger partial charge < -0.3 is 15.1 Å². The lowest BCUT2D eigenvalue weighted by molar-refractivity contribution is -0.898. The number of piperazine rings is 1. The van der Waals surface area contributed by atoms with Crippen LogP contribution in [0.4, 0.5) is 17.1 Å². The lowest BCUT2D eigenvalue weighted by Crippen LogP contribution is -3.14. The number of likely N-dealkylation sites (N-methyl/N-ethyl adjacent to an activating group) is 1. The fourth-order valence-corrected chi connectivity index (χ4v) is 3.47. The number of hydrogen-bond donors (Lipinski definition) is 2. The smallest absolute Gasteiger partial charge is 0.272 e. The molecule has 0 saturated carbocycles. The molecule has 0 spiro atoms. The Morgan fingerprint density at radius 3 is 2.56 bits per heavy atom. The fraction of sp³-hybridized carbons (Fsp3) is 0.350. The molecular weight excluding hydrogens is 344 g/mol. The maximum absolute atomic E-state index is 12.7. The number of aryl methyl sites for hydroxylation is 1. The predicted molar refractivity (Wildman–Crippen MR) is 106 cm³/mol. The van der Waals surface area contributed by atoms with Crippen molar-refractivity contribution in [2.45, 2.75) is 13.8 Å². The number of quaternary nitrogens is 1. The molecular formula is C20H25N4O3+. The van der Waals surface area contributed by atoms with E-state index in [0.717, 1.165) is 44.1 Å². The Morgan fingerprint density at radius 2 is 1.93 bits per heavy atom. The number of rotatable bonds is 5. The molecule has 2 aromatic rings. The summed E-state index contributed by atoms with van der Waals surface area (Å²) in [6.45, 7) is 9.04. The molecule has 0 aromatic heterocycles. The zero-order valence-electron chi connectivity index (χ0n) is 15.7. The van der Waals surface area contributed by atoms with Gasteiger partial charge >= 0.3 is 0 Å². The van der Waals surface area contributed by atoms with Crippen LogP contribution in [0.5, 0.6) is 0 Å². The van der Waals surface area contributed by atoms with E-state index in [1.807, 2.05) is 24.3 Å². The summed E-state index contributed by atoms with van der Waals surface area (Å²) in [6, 6.07) is 12.2. The van der Waals surface area contributed by atoms with Crippen LogP contribution in [0.2, 0.25) is 0 Å². The molecule has 3 rings (SSSR count). The maximum Gasteiger partial charge on any atom is 0.272 e. The van der Waals surface area contributed by atoms with Crippen LogP contribution in [0.1, 0.15) is 22.8 Å². The van der Waals surface area contributed by atoms with Gasteiger partial charge in [-0.3, -0.25) is 14.9 Å². The summed E-state index contributed by atoms with van der Waals surface area (Å²) in [5, 5.41) is 13.9. The van der Waals surface area contributed by atoms with Gasteiger partial charge in [-0.25, -0.2) is 0 Å². The lowest BCUT2D eigenvalue weighted by atomic mass is 10.1. The Hall–Kier alpha value is -2.93. The number of amides is 1. The number of nitrogens with zero attached hydrogens (tertiary/aromatic N) is 2. The number of nitrogens with one attached hydrogen (secondary N) is 2. The van der Waals surface area contributed by atoms with Crippen molar-refractivity contribution in [2.24, 2.45) is 0 Å². The molecule has 1 amide bonds. The minimum absolute atomic E-state index is 0.0169. The van der Waals surface area contributed by atoms with Gasteiger partial charge in [0, 0.05) is 17.2 Å². The van der Waals surface area contributed by atoms with Gasteiger partial charge in [0.2, 0.25) is 0 Å². The summed E-state index contributed by atoms with van der Waals surface area (Å²) in [4.78, 5) is 27.1. The van der Waals surface area contributed by atoms with Crippen molar-refractivity contribution in [3.8, 4) is 0 Å². The summed E-state index contributed by atoms with van der Waals surface area (Å²) < 4.78 is 0. The first kappa shape index (κ1) is 18.8. The Balaban J connectivity index is 1.77. The molecule has 142 valence electrons. The van der Waals surface area contributed by atoms with E-state index in [0.29, 0.717) is 11.1 Å². The second kappa shape index (κ2) is 8.18. The highest BCUT2D eigenvalue weighted by molar-refractivity contribution is 6.06. The third kappa shape index (κ3) is 4.25. The molecule has 2 aromatic carbocycles. The Kier molecular flexibility index (Phi) is 5.71. The number of hydrogen-bond acceptors (Lipinski definition) is 4. The van der Waals surface area contributed by atoms with E-state index in [-0.39, 0.29) is 11.6 Å². The van der Waals surface area contributed by atoms with E-state index in [9.17, 15) is 14.9 Å². The largest absolute Gasteiger partial charge is 0.359 e. The Morgan fingerprint density at radius 1 is 1.22 bits per heavy atom. The highest BCUT2D eigenvalue weighted by Gasteiger charge is 2.21. The van der Waals surface area contributed by atoms with Crippen LogP contribution < -0.4 is 15.1 Å². The summed E-state index contributed by atoms with van der Waals surface area (Å²) >= 11 is 0. The van der Waals surface area contributed by atoms with E-state index in [4.69, 9.17) is 0 Å². The van der Waals surface area contributed by atoms with E-state index in [2.05, 4.69) is 17.1 Å². The Bertz CT molecular complexity index is 845. The molecule has 0 aliphatic carbocycles. The molecule has 0 atom stereocenters. The maximum atomic E-state index is 12.7. The van der Waals surface area contributed by atoms with Crippen molar-refractivity contribution >= 4 is 23.0 Å². The predicted octanol–water partition coefficient (Wildman–Crippen LogP) is 1.88. The van der Waals surface area contributed by atoms with E-state index < -0.39 is 4.92 Å². The highest BCUT2D eigenvalue weighted by Crippen LogP contribution is 2.27. The van der Waals surface area contributed by atoms with Crippen molar-refractivity contribution in [3.63, 3.8) is 0 Å². The van der Waals surface area contributed by atoms with Crippen molar-refractivity contribution in [2.75, 3.05) is 42.9 Å². The number of benzene rings is 2. The van der Waals surface area contributed by atoms with Crippen molar-refractivity contribution in [3.05, 3.63) is 63.7 Å². The second-order valence-electron chi connectivity index (χ2n) is 6.82. The van der Waals surface area contributed by atoms with Gasteiger partial charge in [-0.2, -0.15) is 0 Å². The first-order valence-electron chi connectivity index (χ1n) is 9.23. The van der Waals surface area contributed by atoms with Gasteiger partial charge in [0.25, 0.3) is 11.6 Å². The third-order valence-electron chi connectivity index (χ3n) is 5.12. The summed E-state index contributed by atoms with van der Waals surface area (Å²) in [6.07, 6.45) is 0. The van der Waals surface area contributed by atoms with Crippen LogP contribution in [0, 0.1) is 17.0 Å². The molecule has 0 radical (unpaired) electrons. The second-order valence-corrected chi connectivity index (χ2v) is 6.82. The molecule has 0 unspecified atom stereocenters. The van der Waals surface area contributed by atoms with Gasteiger partial charge in [-0.05, 0) is 38.1 Å². The molecule has 1 aliphatic rings. The molecule has 7 heteroatoms. The topological polar surface area (TPSA) is 79.9 Å². The number of carbonyl (C=O) groups is 1. The normalized spacial score (nSPS) is 14.8. The van der Waals surface area contributed by atoms with Gasteiger partial charge in [-0.15, -0.1) is 0 Å². The quantitative estimate of drug-likeness (QED) is 0.623. The van der Waals surface area contributed by atoms with E-state index in [1.165, 1.54) is 12.1 Å². The number of carbonyl (C=O) groups excluding carboxylic acids is 1. The van der Waals surface area contributed by atoms with Crippen LogP contribution in [0.15, 0.2) is 42.5 Å². The van der Waals surface area contributed by atoms with Gasteiger partial charge in [0.1, 0.15) is 0 Å². The molecule has 0 bridgehead atoms. The number of nitro groups is 1. The van der Waals surface area contributed by atoms with Gasteiger partial charge in [0.05, 0.1) is 49.0 Å². The van der Waals surface area contributed by atoms with Crippen LogP contribution in [-0.4, -0.2) is 43.6 Å². The van der Waals surface area contributed by atoms with Crippen LogP contribution >= 0.6 is 0 Å². The number of para-hydroxylation sites is 2. The molecule has 1 heterocycles. The van der Waals surface area contributed by atoms with Gasteiger partial charge in [-0.1, -0.05) is 12.1 Å². The molecule has 7 nitrogen and oxygen atoms in total. The number of anilines is 2. The summed E-state index contributed by atoms with van der Waals surface area (Å²) in [5.74, 6) is -0.265. The Labute approximate surface area is 158 Å². The monoisotopic (exact) mass is 369 g/mol. The fourth-order valence-electron chi connectivity index (χ4n) is 3.47. The zero-order chi connectivity index (χ0) is 19.4. The van der Waals surface area contributed by atoms with E-state index >= 15 is 0 Å². The minimum Gasteiger partial charge on any atom is -0.359 e. The van der Waals surface area contributed by atoms with Crippen molar-refractivity contribution < 1.29 is 14.6 Å². The SMILES string of the molecule is CC[NH+]1CCN(c2ccccc2NC(=O)c2ccc([N+](=O)[O-])c(C)c2)CC1. The molecule has 2 N–H and O–H groups in total. The van der Waals surface area contributed by atoms with Crippen molar-refractivity contribution in [1.29, 1.82) is 0 Å². The average Bonchev–Trinajstić information content (AvgIpc) is 2.68. The lowest BCUT2D eigenvalue weighted by Gasteiger charge is -2.34. The van der Waals surface area contributed by atoms with Crippen LogP contribution in [0.3, 0.4) is 0 Å². The summed E-state index contributed by atoms with van der Waals surface area (Å²) in [5.41, 5.74) is 2.68. The first-order valence-corrected chi connectivity index (χ1v) is 9.23. The van der Waals surface area contributed by atoms with Gasteiger partial charge in [0.15, 0.2) is 0 Å². The third-order valence-corrected chi connectivity index (χ3v) is 5.12.